The van der Waals surface area contributed by atoms with Gasteiger partial charge in [0.05, 0.1) is 12.8 Å². The molecule has 0 saturated carbocycles. The Morgan fingerprint density at radius 1 is 0.921 bits per heavy atom. The van der Waals surface area contributed by atoms with Crippen LogP contribution in [0.3, 0.4) is 0 Å². The Labute approximate surface area is 214 Å². The first-order valence-corrected chi connectivity index (χ1v) is 11.2. The molecule has 0 saturated heterocycles. The van der Waals surface area contributed by atoms with Gasteiger partial charge >= 0.3 is 6.18 Å². The number of alkyl halides is 3. The molecule has 38 heavy (non-hydrogen) atoms. The molecule has 4 heterocycles. The van der Waals surface area contributed by atoms with E-state index in [1.807, 2.05) is 12.1 Å². The Morgan fingerprint density at radius 2 is 1.76 bits per heavy atom. The second-order valence-corrected chi connectivity index (χ2v) is 7.97. The Hall–Kier alpha value is -5.13. The molecule has 0 atom stereocenters. The number of carbonyl (C=O) groups excluding carboxylic acids is 1. The maximum absolute atomic E-state index is 13.7. The van der Waals surface area contributed by atoms with Crippen LogP contribution >= 0.6 is 0 Å². The summed E-state index contributed by atoms with van der Waals surface area (Å²) in [6.07, 6.45) is -0.135. The molecule has 5 rings (SSSR count). The molecule has 0 aliphatic carbocycles. The Kier molecular flexibility index (Phi) is 6.52. The topological polar surface area (TPSA) is 108 Å². The van der Waals surface area contributed by atoms with E-state index in [1.54, 1.807) is 42.6 Å². The summed E-state index contributed by atoms with van der Waals surface area (Å²) in [5.41, 5.74) is 1.37. The van der Waals surface area contributed by atoms with Gasteiger partial charge in [-0.3, -0.25) is 9.78 Å². The molecular weight excluding hydrogens is 499 g/mol. The van der Waals surface area contributed by atoms with Crippen LogP contribution in [0.2, 0.25) is 0 Å². The number of nitrogens with one attached hydrogen (secondary N) is 1. The van der Waals surface area contributed by atoms with Crippen molar-refractivity contribution in [2.45, 2.75) is 6.18 Å². The van der Waals surface area contributed by atoms with Gasteiger partial charge < -0.3 is 10.1 Å². The fourth-order valence-electron chi connectivity index (χ4n) is 3.62. The molecule has 0 unspecified atom stereocenters. The summed E-state index contributed by atoms with van der Waals surface area (Å²) in [5.74, 6) is -0.109. The van der Waals surface area contributed by atoms with E-state index in [0.717, 1.165) is 17.2 Å². The first-order valence-electron chi connectivity index (χ1n) is 11.2. The number of nitrogens with zero attached hydrogens (tertiary/aromatic N) is 6. The van der Waals surface area contributed by atoms with Crippen LogP contribution in [-0.4, -0.2) is 43.0 Å². The molecule has 1 aromatic carbocycles. The summed E-state index contributed by atoms with van der Waals surface area (Å²) in [6, 6.07) is 17.1. The third kappa shape index (κ3) is 5.19. The van der Waals surface area contributed by atoms with Crippen molar-refractivity contribution in [3.63, 3.8) is 0 Å². The number of aromatic nitrogens is 6. The van der Waals surface area contributed by atoms with Gasteiger partial charge in [0, 0.05) is 41.3 Å². The van der Waals surface area contributed by atoms with E-state index in [9.17, 15) is 18.0 Å². The highest BCUT2D eigenvalue weighted by Crippen LogP contribution is 2.33. The van der Waals surface area contributed by atoms with Crippen molar-refractivity contribution in [1.29, 1.82) is 0 Å². The molecule has 190 valence electrons. The minimum Gasteiger partial charge on any atom is -0.481 e. The number of methoxy groups -OCH3 is 1. The number of carbonyl (C=O) groups is 1. The molecule has 0 fully saturated rings. The van der Waals surface area contributed by atoms with Crippen LogP contribution in [0.1, 0.15) is 16.1 Å². The lowest BCUT2D eigenvalue weighted by atomic mass is 10.0. The molecule has 0 aliphatic heterocycles. The second kappa shape index (κ2) is 10.1. The maximum Gasteiger partial charge on any atom is 0.433 e. The van der Waals surface area contributed by atoms with Crippen molar-refractivity contribution < 1.29 is 22.7 Å². The normalized spacial score (nSPS) is 11.3. The molecular formula is C26H18F3N7O2. The average molecular weight is 517 g/mol. The van der Waals surface area contributed by atoms with Crippen LogP contribution < -0.4 is 10.1 Å². The molecule has 0 radical (unpaired) electrons. The molecule has 5 aromatic rings. The highest BCUT2D eigenvalue weighted by atomic mass is 19.4. The summed E-state index contributed by atoms with van der Waals surface area (Å²) in [5, 5.41) is 14.4. The molecule has 4 aromatic heterocycles. The Morgan fingerprint density at radius 3 is 2.42 bits per heavy atom. The lowest BCUT2D eigenvalue weighted by Gasteiger charge is -2.10. The zero-order chi connectivity index (χ0) is 26.7. The summed E-state index contributed by atoms with van der Waals surface area (Å²) in [4.78, 5) is 20.9. The number of hydrogen-bond donors (Lipinski definition) is 1. The average Bonchev–Trinajstić information content (AvgIpc) is 3.41. The second-order valence-electron chi connectivity index (χ2n) is 7.97. The zero-order valence-electron chi connectivity index (χ0n) is 19.7. The minimum atomic E-state index is -4.69. The summed E-state index contributed by atoms with van der Waals surface area (Å²) >= 11 is 0. The molecule has 0 bridgehead atoms. The zero-order valence-corrected chi connectivity index (χ0v) is 19.7. The SMILES string of the molecule is COc1ccc(-c2cccc(C(=O)Nc3ccc(-n4nc(-c5cccnc5)cc4C(F)(F)F)nn3)c2)cn1. The van der Waals surface area contributed by atoms with Crippen LogP contribution in [0.5, 0.6) is 5.88 Å². The van der Waals surface area contributed by atoms with Crippen LogP contribution in [0.25, 0.3) is 28.2 Å². The van der Waals surface area contributed by atoms with Crippen molar-refractivity contribution in [2.24, 2.45) is 0 Å². The number of anilines is 1. The smallest absolute Gasteiger partial charge is 0.433 e. The molecule has 0 spiro atoms. The van der Waals surface area contributed by atoms with E-state index in [-0.39, 0.29) is 17.3 Å². The van der Waals surface area contributed by atoms with Crippen molar-refractivity contribution in [3.8, 4) is 34.1 Å². The number of rotatable bonds is 6. The van der Waals surface area contributed by atoms with E-state index < -0.39 is 17.8 Å². The standard InChI is InChI=1S/C26H18F3N7O2/c1-38-24-10-7-18(15-31-24)16-4-2-5-17(12-16)25(37)32-22-8-9-23(34-33-22)36-21(26(27,28)29)13-20(35-36)19-6-3-11-30-14-19/h2-15H,1H3,(H,32,33,37). The predicted molar refractivity (Wildman–Crippen MR) is 132 cm³/mol. The lowest BCUT2D eigenvalue weighted by molar-refractivity contribution is -0.142. The van der Waals surface area contributed by atoms with Gasteiger partial charge in [-0.25, -0.2) is 9.67 Å². The molecule has 12 heteroatoms. The fourth-order valence-corrected chi connectivity index (χ4v) is 3.62. The van der Waals surface area contributed by atoms with Crippen LogP contribution in [0.4, 0.5) is 19.0 Å². The third-order valence-corrected chi connectivity index (χ3v) is 5.47. The van der Waals surface area contributed by atoms with Crippen LogP contribution in [-0.2, 0) is 6.18 Å². The van der Waals surface area contributed by atoms with E-state index >= 15 is 0 Å². The van der Waals surface area contributed by atoms with Gasteiger partial charge in [0.15, 0.2) is 17.3 Å². The number of ether oxygens (including phenoxy) is 1. The summed E-state index contributed by atoms with van der Waals surface area (Å²) < 4.78 is 46.8. The van der Waals surface area contributed by atoms with E-state index in [0.29, 0.717) is 21.7 Å². The van der Waals surface area contributed by atoms with Crippen LogP contribution in [0.15, 0.2) is 85.3 Å². The van der Waals surface area contributed by atoms with E-state index in [1.165, 1.54) is 31.6 Å². The highest BCUT2D eigenvalue weighted by molar-refractivity contribution is 6.04. The number of hydrogen-bond acceptors (Lipinski definition) is 7. The lowest BCUT2D eigenvalue weighted by Crippen LogP contribution is -2.16. The Balaban J connectivity index is 1.36. The van der Waals surface area contributed by atoms with Gasteiger partial charge in [-0.2, -0.15) is 18.3 Å². The van der Waals surface area contributed by atoms with Gasteiger partial charge in [-0.15, -0.1) is 10.2 Å². The quantitative estimate of drug-likeness (QED) is 0.335. The first kappa shape index (κ1) is 24.6. The first-order chi connectivity index (χ1) is 18.3. The van der Waals surface area contributed by atoms with Crippen molar-refractivity contribution >= 4 is 11.7 Å². The van der Waals surface area contributed by atoms with E-state index in [4.69, 9.17) is 4.74 Å². The largest absolute Gasteiger partial charge is 0.481 e. The molecule has 1 amide bonds. The summed E-state index contributed by atoms with van der Waals surface area (Å²) in [7, 11) is 1.52. The van der Waals surface area contributed by atoms with Crippen molar-refractivity contribution in [2.75, 3.05) is 12.4 Å². The van der Waals surface area contributed by atoms with Gasteiger partial charge in [0.25, 0.3) is 5.91 Å². The van der Waals surface area contributed by atoms with E-state index in [2.05, 4.69) is 30.6 Å². The number of benzene rings is 1. The highest BCUT2D eigenvalue weighted by Gasteiger charge is 2.37. The third-order valence-electron chi connectivity index (χ3n) is 5.47. The number of pyridine rings is 2. The summed E-state index contributed by atoms with van der Waals surface area (Å²) in [6.45, 7) is 0. The van der Waals surface area contributed by atoms with Crippen molar-refractivity contribution in [1.82, 2.24) is 29.9 Å². The van der Waals surface area contributed by atoms with Gasteiger partial charge in [0.2, 0.25) is 5.88 Å². The fraction of sp³-hybridized carbons (Fsp3) is 0.0769. The molecule has 0 aliphatic rings. The maximum atomic E-state index is 13.7. The molecule has 9 nitrogen and oxygen atoms in total. The van der Waals surface area contributed by atoms with Gasteiger partial charge in [-0.05, 0) is 54.1 Å². The minimum absolute atomic E-state index is 0.0588. The van der Waals surface area contributed by atoms with Crippen molar-refractivity contribution in [3.05, 3.63) is 96.6 Å². The van der Waals surface area contributed by atoms with Crippen LogP contribution in [0, 0.1) is 0 Å². The number of amides is 1. The monoisotopic (exact) mass is 517 g/mol. The predicted octanol–water partition coefficient (Wildman–Crippen LogP) is 5.07. The van der Waals surface area contributed by atoms with Gasteiger partial charge in [-0.1, -0.05) is 12.1 Å². The molecule has 1 N–H and O–H groups in total. The van der Waals surface area contributed by atoms with Gasteiger partial charge in [0.1, 0.15) is 0 Å². The Bertz CT molecular complexity index is 1570. The number of halogens is 3.